The van der Waals surface area contributed by atoms with E-state index in [9.17, 15) is 0 Å². The normalized spacial score (nSPS) is 15.8. The van der Waals surface area contributed by atoms with Crippen LogP contribution in [0.1, 0.15) is 0 Å². The van der Waals surface area contributed by atoms with Crippen LogP contribution in [0.4, 0.5) is 5.69 Å². The van der Waals surface area contributed by atoms with E-state index >= 15 is 0 Å². The minimum absolute atomic E-state index is 0.452. The largest absolute Gasteiger partial charge is 0.378 e. The highest BCUT2D eigenvalue weighted by molar-refractivity contribution is 5.51. The molecular weight excluding hydrogens is 202 g/mol. The number of nitrogens with zero attached hydrogens (tertiary/aromatic N) is 2. The van der Waals surface area contributed by atoms with Crippen molar-refractivity contribution in [3.05, 3.63) is 42.7 Å². The van der Waals surface area contributed by atoms with Gasteiger partial charge in [0.15, 0.2) is 0 Å². The van der Waals surface area contributed by atoms with Crippen LogP contribution in [-0.2, 0) is 4.74 Å². The van der Waals surface area contributed by atoms with Crippen LogP contribution in [0.5, 0.6) is 0 Å². The van der Waals surface area contributed by atoms with Gasteiger partial charge in [0, 0.05) is 18.1 Å². The Morgan fingerprint density at radius 1 is 1.31 bits per heavy atom. The Bertz CT molecular complexity index is 463. The lowest BCUT2D eigenvalue weighted by Gasteiger charge is -2.27. The summed E-state index contributed by atoms with van der Waals surface area (Å²) in [6.45, 7) is 1.60. The number of rotatable bonds is 3. The molecule has 0 bridgehead atoms. The summed E-state index contributed by atoms with van der Waals surface area (Å²) in [6.07, 6.45) is 3.71. The van der Waals surface area contributed by atoms with Crippen LogP contribution >= 0.6 is 0 Å². The fraction of sp³-hybridized carbons (Fsp3) is 0.250. The number of benzene rings is 1. The van der Waals surface area contributed by atoms with Gasteiger partial charge in [0.05, 0.1) is 24.9 Å². The third-order valence-electron chi connectivity index (χ3n) is 2.62. The summed E-state index contributed by atoms with van der Waals surface area (Å²) in [7, 11) is 0. The van der Waals surface area contributed by atoms with E-state index in [-0.39, 0.29) is 0 Å². The molecule has 0 atom stereocenters. The first-order chi connectivity index (χ1) is 7.92. The molecule has 16 heavy (non-hydrogen) atoms. The Balaban J connectivity index is 1.82. The second-order valence-corrected chi connectivity index (χ2v) is 3.88. The van der Waals surface area contributed by atoms with Gasteiger partial charge in [-0.05, 0) is 24.3 Å². The number of ether oxygens (including phenoxy) is 1. The summed E-state index contributed by atoms with van der Waals surface area (Å²) >= 11 is 0. The maximum atomic E-state index is 5.13. The molecule has 0 saturated carbocycles. The van der Waals surface area contributed by atoms with E-state index in [1.54, 1.807) is 6.20 Å². The Hall–Kier alpha value is -1.81. The highest BCUT2D eigenvalue weighted by atomic mass is 16.5. The van der Waals surface area contributed by atoms with Crippen molar-refractivity contribution in [2.75, 3.05) is 18.5 Å². The van der Waals surface area contributed by atoms with Gasteiger partial charge in [-0.3, -0.25) is 0 Å². The van der Waals surface area contributed by atoms with Crippen molar-refractivity contribution in [1.29, 1.82) is 0 Å². The molecule has 1 aromatic carbocycles. The predicted octanol–water partition coefficient (Wildman–Crippen LogP) is 1.68. The molecule has 0 aliphatic carbocycles. The van der Waals surface area contributed by atoms with Crippen molar-refractivity contribution in [2.45, 2.75) is 6.04 Å². The minimum Gasteiger partial charge on any atom is -0.378 e. The Kier molecular flexibility index (Phi) is 2.34. The average molecular weight is 215 g/mol. The van der Waals surface area contributed by atoms with Gasteiger partial charge in [0.2, 0.25) is 0 Å². The Morgan fingerprint density at radius 2 is 2.25 bits per heavy atom. The summed E-state index contributed by atoms with van der Waals surface area (Å²) in [5.41, 5.74) is 2.18. The van der Waals surface area contributed by atoms with Gasteiger partial charge in [-0.2, -0.15) is 5.10 Å². The fourth-order valence-corrected chi connectivity index (χ4v) is 1.71. The smallest absolute Gasteiger partial charge is 0.0728 e. The lowest BCUT2D eigenvalue weighted by Crippen LogP contribution is -2.40. The van der Waals surface area contributed by atoms with Crippen molar-refractivity contribution < 1.29 is 4.74 Å². The van der Waals surface area contributed by atoms with Crippen LogP contribution in [0.3, 0.4) is 0 Å². The summed E-state index contributed by atoms with van der Waals surface area (Å²) in [4.78, 5) is 0. The van der Waals surface area contributed by atoms with E-state index in [0.29, 0.717) is 6.04 Å². The third kappa shape index (κ3) is 1.79. The monoisotopic (exact) mass is 215 g/mol. The molecule has 1 N–H and O–H groups in total. The second kappa shape index (κ2) is 3.98. The summed E-state index contributed by atoms with van der Waals surface area (Å²) < 4.78 is 6.98. The lowest BCUT2D eigenvalue weighted by atomic mass is 10.2. The van der Waals surface area contributed by atoms with Crippen LogP contribution in [-0.4, -0.2) is 29.0 Å². The van der Waals surface area contributed by atoms with E-state index in [1.807, 2.05) is 29.1 Å². The van der Waals surface area contributed by atoms with E-state index < -0.39 is 0 Å². The van der Waals surface area contributed by atoms with Gasteiger partial charge in [0.1, 0.15) is 0 Å². The lowest BCUT2D eigenvalue weighted by molar-refractivity contribution is 0.0211. The van der Waals surface area contributed by atoms with Crippen LogP contribution in [0.25, 0.3) is 5.69 Å². The minimum atomic E-state index is 0.452. The second-order valence-electron chi connectivity index (χ2n) is 3.88. The Labute approximate surface area is 93.8 Å². The van der Waals surface area contributed by atoms with Gasteiger partial charge >= 0.3 is 0 Å². The average Bonchev–Trinajstić information content (AvgIpc) is 2.77. The van der Waals surface area contributed by atoms with E-state index in [4.69, 9.17) is 4.74 Å². The molecule has 2 heterocycles. The fourth-order valence-electron chi connectivity index (χ4n) is 1.71. The molecule has 1 saturated heterocycles. The summed E-state index contributed by atoms with van der Waals surface area (Å²) in [6, 6.07) is 10.6. The van der Waals surface area contributed by atoms with Crippen molar-refractivity contribution >= 4 is 5.69 Å². The molecule has 0 radical (unpaired) electrons. The topological polar surface area (TPSA) is 39.1 Å². The highest BCUT2D eigenvalue weighted by Crippen LogP contribution is 2.16. The number of hydrogen-bond acceptors (Lipinski definition) is 3. The zero-order valence-corrected chi connectivity index (χ0v) is 8.84. The van der Waals surface area contributed by atoms with Gasteiger partial charge in [-0.15, -0.1) is 0 Å². The quantitative estimate of drug-likeness (QED) is 0.846. The first-order valence-corrected chi connectivity index (χ1v) is 5.36. The molecule has 0 spiro atoms. The molecule has 3 rings (SSSR count). The van der Waals surface area contributed by atoms with Crippen molar-refractivity contribution in [3.63, 3.8) is 0 Å². The molecule has 1 fully saturated rings. The zero-order chi connectivity index (χ0) is 10.8. The van der Waals surface area contributed by atoms with E-state index in [0.717, 1.165) is 24.6 Å². The molecule has 0 unspecified atom stereocenters. The first-order valence-electron chi connectivity index (χ1n) is 5.36. The van der Waals surface area contributed by atoms with Crippen molar-refractivity contribution in [2.24, 2.45) is 0 Å². The standard InChI is InChI=1S/C12H13N3O/c1-3-10(14-11-8-16-9-11)7-12(4-1)15-6-2-5-13-15/h1-7,11,14H,8-9H2. The molecular formula is C12H13N3O. The van der Waals surface area contributed by atoms with Crippen molar-refractivity contribution in [3.8, 4) is 5.69 Å². The number of aromatic nitrogens is 2. The van der Waals surface area contributed by atoms with E-state index in [2.05, 4.69) is 22.5 Å². The van der Waals surface area contributed by atoms with Crippen LogP contribution in [0.2, 0.25) is 0 Å². The zero-order valence-electron chi connectivity index (χ0n) is 8.84. The van der Waals surface area contributed by atoms with Gasteiger partial charge < -0.3 is 10.1 Å². The molecule has 0 amide bonds. The van der Waals surface area contributed by atoms with Crippen LogP contribution < -0.4 is 5.32 Å². The van der Waals surface area contributed by atoms with Gasteiger partial charge in [0.25, 0.3) is 0 Å². The van der Waals surface area contributed by atoms with Gasteiger partial charge in [-0.1, -0.05) is 6.07 Å². The highest BCUT2D eigenvalue weighted by Gasteiger charge is 2.17. The molecule has 1 aromatic heterocycles. The predicted molar refractivity (Wildman–Crippen MR) is 61.8 cm³/mol. The maximum absolute atomic E-state index is 5.13. The first kappa shape index (κ1) is 9.42. The molecule has 82 valence electrons. The SMILES string of the molecule is c1cc(NC2COC2)cc(-n2cccn2)c1. The molecule has 1 aliphatic rings. The number of nitrogens with one attached hydrogen (secondary N) is 1. The Morgan fingerprint density at radius 3 is 2.94 bits per heavy atom. The van der Waals surface area contributed by atoms with E-state index in [1.165, 1.54) is 0 Å². The molecule has 4 nitrogen and oxygen atoms in total. The third-order valence-corrected chi connectivity index (χ3v) is 2.62. The summed E-state index contributed by atoms with van der Waals surface area (Å²) in [5.74, 6) is 0. The molecule has 2 aromatic rings. The summed E-state index contributed by atoms with van der Waals surface area (Å²) in [5, 5.41) is 7.62. The number of anilines is 1. The molecule has 1 aliphatic heterocycles. The number of hydrogen-bond donors (Lipinski definition) is 1. The molecule has 4 heteroatoms. The van der Waals surface area contributed by atoms with Crippen LogP contribution in [0, 0.1) is 0 Å². The van der Waals surface area contributed by atoms with Crippen LogP contribution in [0.15, 0.2) is 42.7 Å². The van der Waals surface area contributed by atoms with Crippen molar-refractivity contribution in [1.82, 2.24) is 9.78 Å². The maximum Gasteiger partial charge on any atom is 0.0728 e. The van der Waals surface area contributed by atoms with Gasteiger partial charge in [-0.25, -0.2) is 4.68 Å².